The fourth-order valence-electron chi connectivity index (χ4n) is 2.75. The van der Waals surface area contributed by atoms with Gasteiger partial charge in [-0.15, -0.1) is 0 Å². The summed E-state index contributed by atoms with van der Waals surface area (Å²) in [6.45, 7) is 2.93. The first-order chi connectivity index (χ1) is 14.3. The third kappa shape index (κ3) is 8.32. The van der Waals surface area contributed by atoms with Crippen molar-refractivity contribution in [3.63, 3.8) is 0 Å². The fraction of sp³-hybridized carbons (Fsp3) is 0.409. The van der Waals surface area contributed by atoms with Crippen LogP contribution in [-0.4, -0.2) is 46.6 Å². The Morgan fingerprint density at radius 2 is 1.83 bits per heavy atom. The molecule has 0 aliphatic carbocycles. The molecule has 164 valence electrons. The van der Waals surface area contributed by atoms with Crippen molar-refractivity contribution in [1.29, 1.82) is 0 Å². The minimum Gasteiger partial charge on any atom is -0.493 e. The number of hydrogen-bond donors (Lipinski definition) is 2. The topological polar surface area (TPSA) is 89.0 Å². The Kier molecular flexibility index (Phi) is 8.98. The van der Waals surface area contributed by atoms with Gasteiger partial charge in [0.05, 0.1) is 12.9 Å². The van der Waals surface area contributed by atoms with Gasteiger partial charge in [0.2, 0.25) is 0 Å². The van der Waals surface area contributed by atoms with Crippen molar-refractivity contribution in [1.82, 2.24) is 10.6 Å². The lowest BCUT2D eigenvalue weighted by Gasteiger charge is -2.18. The van der Waals surface area contributed by atoms with E-state index in [1.807, 2.05) is 55.5 Å². The highest BCUT2D eigenvalue weighted by Gasteiger charge is 2.10. The summed E-state index contributed by atoms with van der Waals surface area (Å²) in [5.41, 5.74) is 2.09. The summed E-state index contributed by atoms with van der Waals surface area (Å²) < 4.78 is 34.0. The van der Waals surface area contributed by atoms with E-state index < -0.39 is 9.84 Å². The summed E-state index contributed by atoms with van der Waals surface area (Å²) in [5.74, 6) is 2.09. The first-order valence-electron chi connectivity index (χ1n) is 9.79. The van der Waals surface area contributed by atoms with Crippen molar-refractivity contribution in [3.8, 4) is 11.5 Å². The molecule has 0 fully saturated rings. The van der Waals surface area contributed by atoms with Crippen molar-refractivity contribution >= 4 is 15.8 Å². The van der Waals surface area contributed by atoms with E-state index in [1.54, 1.807) is 14.2 Å². The molecule has 0 bridgehead atoms. The fourth-order valence-corrected chi connectivity index (χ4v) is 3.54. The van der Waals surface area contributed by atoms with Crippen molar-refractivity contribution in [2.75, 3.05) is 26.2 Å². The number of aliphatic imine (C=N–C) groups is 1. The molecule has 2 N–H and O–H groups in total. The Labute approximate surface area is 179 Å². The highest BCUT2D eigenvalue weighted by Crippen LogP contribution is 2.28. The predicted molar refractivity (Wildman–Crippen MR) is 121 cm³/mol. The molecule has 0 aliphatic rings. The summed E-state index contributed by atoms with van der Waals surface area (Å²) >= 11 is 0. The molecule has 30 heavy (non-hydrogen) atoms. The maximum absolute atomic E-state index is 11.3. The van der Waals surface area contributed by atoms with Crippen LogP contribution in [0.1, 0.15) is 24.5 Å². The lowest BCUT2D eigenvalue weighted by molar-refractivity contribution is 0.284. The summed E-state index contributed by atoms with van der Waals surface area (Å²) in [7, 11) is 0.320. The lowest BCUT2D eigenvalue weighted by atomic mass is 10.2. The Morgan fingerprint density at radius 3 is 2.47 bits per heavy atom. The molecule has 2 aromatic rings. The van der Waals surface area contributed by atoms with Gasteiger partial charge in [-0.2, -0.15) is 0 Å². The Morgan fingerprint density at radius 1 is 1.10 bits per heavy atom. The summed E-state index contributed by atoms with van der Waals surface area (Å²) in [6, 6.07) is 15.7. The van der Waals surface area contributed by atoms with Crippen LogP contribution in [-0.2, 0) is 23.0 Å². The van der Waals surface area contributed by atoms with E-state index in [1.165, 1.54) is 6.26 Å². The highest BCUT2D eigenvalue weighted by atomic mass is 32.2. The summed E-state index contributed by atoms with van der Waals surface area (Å²) in [6.07, 6.45) is 1.76. The molecule has 0 saturated heterocycles. The van der Waals surface area contributed by atoms with Crippen LogP contribution in [0.15, 0.2) is 53.5 Å². The van der Waals surface area contributed by atoms with Gasteiger partial charge in [0.25, 0.3) is 0 Å². The maximum Gasteiger partial charge on any atom is 0.191 e. The second-order valence-electron chi connectivity index (χ2n) is 7.15. The van der Waals surface area contributed by atoms with Gasteiger partial charge in [-0.3, -0.25) is 4.99 Å². The highest BCUT2D eigenvalue weighted by molar-refractivity contribution is 7.90. The molecule has 7 nitrogen and oxygen atoms in total. The molecule has 0 saturated carbocycles. The third-order valence-corrected chi connectivity index (χ3v) is 5.43. The smallest absolute Gasteiger partial charge is 0.191 e. The molecule has 1 atom stereocenters. The van der Waals surface area contributed by atoms with Gasteiger partial charge in [0.15, 0.2) is 17.5 Å². The zero-order valence-electron chi connectivity index (χ0n) is 18.0. The van der Waals surface area contributed by atoms with Gasteiger partial charge >= 0.3 is 0 Å². The van der Waals surface area contributed by atoms with E-state index in [-0.39, 0.29) is 11.8 Å². The van der Waals surface area contributed by atoms with Crippen molar-refractivity contribution in [3.05, 3.63) is 59.7 Å². The third-order valence-electron chi connectivity index (χ3n) is 4.45. The van der Waals surface area contributed by atoms with Crippen LogP contribution in [0.5, 0.6) is 11.5 Å². The van der Waals surface area contributed by atoms with Gasteiger partial charge in [-0.25, -0.2) is 8.42 Å². The Hall–Kier alpha value is -2.74. The van der Waals surface area contributed by atoms with Crippen LogP contribution in [0.3, 0.4) is 0 Å². The normalized spacial score (nSPS) is 12.9. The van der Waals surface area contributed by atoms with Crippen LogP contribution in [0.2, 0.25) is 0 Å². The van der Waals surface area contributed by atoms with Gasteiger partial charge in [-0.1, -0.05) is 36.4 Å². The SMILES string of the molecule is CN=C(NCc1ccc(OCc2ccccc2)c(OC)c1)NC(C)CCS(C)(=O)=O. The second kappa shape index (κ2) is 11.4. The maximum atomic E-state index is 11.3. The number of sulfone groups is 1. The number of hydrogen-bond acceptors (Lipinski definition) is 5. The van der Waals surface area contributed by atoms with Crippen LogP contribution in [0, 0.1) is 0 Å². The van der Waals surface area contributed by atoms with Crippen LogP contribution in [0.4, 0.5) is 0 Å². The number of nitrogens with zero attached hydrogens (tertiary/aromatic N) is 1. The molecule has 1 unspecified atom stereocenters. The van der Waals surface area contributed by atoms with E-state index in [4.69, 9.17) is 9.47 Å². The quantitative estimate of drug-likeness (QED) is 0.442. The first-order valence-corrected chi connectivity index (χ1v) is 11.9. The molecular formula is C22H31N3O4S. The largest absolute Gasteiger partial charge is 0.493 e. The Balaban J connectivity index is 1.91. The van der Waals surface area contributed by atoms with Crippen LogP contribution >= 0.6 is 0 Å². The van der Waals surface area contributed by atoms with E-state index in [0.717, 1.165) is 11.1 Å². The molecule has 2 rings (SSSR count). The van der Waals surface area contributed by atoms with Crippen LogP contribution in [0.25, 0.3) is 0 Å². The molecule has 0 spiro atoms. The average Bonchev–Trinajstić information content (AvgIpc) is 2.74. The molecule has 0 heterocycles. The number of nitrogens with one attached hydrogen (secondary N) is 2. The summed E-state index contributed by atoms with van der Waals surface area (Å²) in [4.78, 5) is 4.20. The first kappa shape index (κ1) is 23.5. The van der Waals surface area contributed by atoms with Gasteiger partial charge in [-0.05, 0) is 36.6 Å². The van der Waals surface area contributed by atoms with Crippen molar-refractivity contribution < 1.29 is 17.9 Å². The number of methoxy groups -OCH3 is 1. The predicted octanol–water partition coefficient (Wildman–Crippen LogP) is 2.76. The number of ether oxygens (including phenoxy) is 2. The second-order valence-corrected chi connectivity index (χ2v) is 9.41. The minimum atomic E-state index is -2.98. The van der Waals surface area contributed by atoms with Gasteiger partial charge in [0.1, 0.15) is 16.4 Å². The zero-order chi connectivity index (χ0) is 22.0. The lowest BCUT2D eigenvalue weighted by Crippen LogP contribution is -2.42. The van der Waals surface area contributed by atoms with E-state index in [9.17, 15) is 8.42 Å². The molecular weight excluding hydrogens is 402 g/mol. The van der Waals surface area contributed by atoms with Gasteiger partial charge in [0, 0.05) is 25.9 Å². The molecule has 8 heteroatoms. The zero-order valence-corrected chi connectivity index (χ0v) is 18.8. The van der Waals surface area contributed by atoms with Gasteiger partial charge < -0.3 is 20.1 Å². The van der Waals surface area contributed by atoms with E-state index >= 15 is 0 Å². The van der Waals surface area contributed by atoms with Crippen molar-refractivity contribution in [2.24, 2.45) is 4.99 Å². The number of rotatable bonds is 10. The standard InChI is InChI=1S/C22H31N3O4S/c1-17(12-13-30(4,26)27)25-22(23-2)24-15-19-10-11-20(21(14-19)28-3)29-16-18-8-6-5-7-9-18/h5-11,14,17H,12-13,15-16H2,1-4H3,(H2,23,24,25). The van der Waals surface area contributed by atoms with E-state index in [2.05, 4.69) is 15.6 Å². The van der Waals surface area contributed by atoms with Crippen molar-refractivity contribution in [2.45, 2.75) is 32.5 Å². The molecule has 0 radical (unpaired) electrons. The minimum absolute atomic E-state index is 0.0192. The molecule has 0 amide bonds. The number of benzene rings is 2. The number of guanidine groups is 1. The summed E-state index contributed by atoms with van der Waals surface area (Å²) in [5, 5.41) is 6.44. The monoisotopic (exact) mass is 433 g/mol. The molecule has 2 aromatic carbocycles. The average molecular weight is 434 g/mol. The molecule has 0 aliphatic heterocycles. The Bertz CT molecular complexity index is 931. The molecule has 0 aromatic heterocycles. The van der Waals surface area contributed by atoms with E-state index in [0.29, 0.717) is 37.0 Å². The van der Waals surface area contributed by atoms with Crippen LogP contribution < -0.4 is 20.1 Å².